The van der Waals surface area contributed by atoms with Gasteiger partial charge in [-0.1, -0.05) is 6.07 Å². The van der Waals surface area contributed by atoms with Crippen molar-refractivity contribution in [2.24, 2.45) is 0 Å². The summed E-state index contributed by atoms with van der Waals surface area (Å²) in [7, 11) is 1.98. The molecule has 0 aromatic heterocycles. The van der Waals surface area contributed by atoms with Gasteiger partial charge in [0.1, 0.15) is 0 Å². The maximum absolute atomic E-state index is 13.8. The molecule has 4 heteroatoms. The van der Waals surface area contributed by atoms with Crippen LogP contribution in [0.15, 0.2) is 18.2 Å². The Balaban J connectivity index is 2.00. The van der Waals surface area contributed by atoms with E-state index in [-0.39, 0.29) is 5.82 Å². The molecule has 0 aliphatic carbocycles. The molecular weight excluding hydrogens is 243 g/mol. The van der Waals surface area contributed by atoms with Crippen molar-refractivity contribution in [1.82, 2.24) is 10.2 Å². The molecule has 1 fully saturated rings. The van der Waals surface area contributed by atoms with Crippen molar-refractivity contribution in [2.75, 3.05) is 26.7 Å². The van der Waals surface area contributed by atoms with Gasteiger partial charge in [0, 0.05) is 19.1 Å². The van der Waals surface area contributed by atoms with E-state index in [4.69, 9.17) is 4.74 Å². The average molecular weight is 266 g/mol. The van der Waals surface area contributed by atoms with Crippen LogP contribution in [0.1, 0.15) is 25.3 Å². The van der Waals surface area contributed by atoms with Crippen molar-refractivity contribution >= 4 is 0 Å². The van der Waals surface area contributed by atoms with Crippen LogP contribution in [0.3, 0.4) is 0 Å². The smallest absolute Gasteiger partial charge is 0.165 e. The molecule has 0 radical (unpaired) electrons. The number of ether oxygens (including phenoxy) is 1. The molecule has 1 aromatic carbocycles. The molecule has 0 saturated carbocycles. The van der Waals surface area contributed by atoms with Gasteiger partial charge in [-0.25, -0.2) is 4.39 Å². The van der Waals surface area contributed by atoms with Crippen LogP contribution >= 0.6 is 0 Å². The standard InChI is InChI=1S/C15H23FN2O/c1-3-19-15-7-6-12(9-14(15)16)11-18-8-4-5-13(18)10-17-2/h6-7,9,13,17H,3-5,8,10-11H2,1-2H3. The van der Waals surface area contributed by atoms with Crippen LogP contribution in [0, 0.1) is 5.82 Å². The van der Waals surface area contributed by atoms with E-state index in [9.17, 15) is 4.39 Å². The van der Waals surface area contributed by atoms with Crippen LogP contribution < -0.4 is 10.1 Å². The van der Waals surface area contributed by atoms with Gasteiger partial charge in [-0.2, -0.15) is 0 Å². The molecule has 1 aliphatic heterocycles. The number of rotatable bonds is 6. The summed E-state index contributed by atoms with van der Waals surface area (Å²) < 4.78 is 19.0. The summed E-state index contributed by atoms with van der Waals surface area (Å²) in [6.45, 7) is 5.27. The van der Waals surface area contributed by atoms with Crippen molar-refractivity contribution in [2.45, 2.75) is 32.4 Å². The van der Waals surface area contributed by atoms with Gasteiger partial charge in [0.15, 0.2) is 11.6 Å². The quantitative estimate of drug-likeness (QED) is 0.855. The highest BCUT2D eigenvalue weighted by molar-refractivity contribution is 5.29. The van der Waals surface area contributed by atoms with Crippen LogP contribution in [-0.4, -0.2) is 37.7 Å². The van der Waals surface area contributed by atoms with Crippen molar-refractivity contribution in [3.05, 3.63) is 29.6 Å². The minimum atomic E-state index is -0.260. The molecule has 106 valence electrons. The lowest BCUT2D eigenvalue weighted by atomic mass is 10.1. The Morgan fingerprint density at radius 3 is 3.00 bits per heavy atom. The van der Waals surface area contributed by atoms with E-state index in [1.165, 1.54) is 12.8 Å². The number of nitrogens with zero attached hydrogens (tertiary/aromatic N) is 1. The third-order valence-electron chi connectivity index (χ3n) is 3.62. The predicted molar refractivity (Wildman–Crippen MR) is 74.9 cm³/mol. The van der Waals surface area contributed by atoms with Crippen LogP contribution in [-0.2, 0) is 6.54 Å². The molecule has 1 unspecified atom stereocenters. The molecule has 1 atom stereocenters. The Morgan fingerprint density at radius 1 is 1.47 bits per heavy atom. The topological polar surface area (TPSA) is 24.5 Å². The zero-order chi connectivity index (χ0) is 13.7. The molecule has 0 amide bonds. The van der Waals surface area contributed by atoms with E-state index >= 15 is 0 Å². The molecule has 19 heavy (non-hydrogen) atoms. The van der Waals surface area contributed by atoms with Crippen LogP contribution in [0.4, 0.5) is 4.39 Å². The lowest BCUT2D eigenvalue weighted by molar-refractivity contribution is 0.241. The minimum Gasteiger partial charge on any atom is -0.491 e. The van der Waals surface area contributed by atoms with Crippen molar-refractivity contribution in [1.29, 1.82) is 0 Å². The molecule has 1 saturated heterocycles. The molecule has 2 rings (SSSR count). The second-order valence-corrected chi connectivity index (χ2v) is 5.02. The molecule has 1 heterocycles. The normalized spacial score (nSPS) is 19.8. The van der Waals surface area contributed by atoms with Gasteiger partial charge in [-0.15, -0.1) is 0 Å². The van der Waals surface area contributed by atoms with Gasteiger partial charge in [-0.3, -0.25) is 4.90 Å². The average Bonchev–Trinajstić information content (AvgIpc) is 2.81. The molecule has 1 aromatic rings. The maximum Gasteiger partial charge on any atom is 0.165 e. The number of hydrogen-bond acceptors (Lipinski definition) is 3. The highest BCUT2D eigenvalue weighted by Gasteiger charge is 2.23. The van der Waals surface area contributed by atoms with E-state index in [0.29, 0.717) is 18.4 Å². The molecule has 0 spiro atoms. The Morgan fingerprint density at radius 2 is 2.32 bits per heavy atom. The summed E-state index contributed by atoms with van der Waals surface area (Å²) >= 11 is 0. The summed E-state index contributed by atoms with van der Waals surface area (Å²) in [6.07, 6.45) is 2.45. The highest BCUT2D eigenvalue weighted by Crippen LogP contribution is 2.23. The summed E-state index contributed by atoms with van der Waals surface area (Å²) in [5, 5.41) is 3.23. The number of halogens is 1. The predicted octanol–water partition coefficient (Wildman–Crippen LogP) is 2.41. The largest absolute Gasteiger partial charge is 0.491 e. The number of likely N-dealkylation sites (tertiary alicyclic amines) is 1. The first-order valence-electron chi connectivity index (χ1n) is 7.04. The molecular formula is C15H23FN2O. The van der Waals surface area contributed by atoms with E-state index in [1.54, 1.807) is 12.1 Å². The Labute approximate surface area is 114 Å². The van der Waals surface area contributed by atoms with Gasteiger partial charge in [0.2, 0.25) is 0 Å². The van der Waals surface area contributed by atoms with E-state index in [2.05, 4.69) is 10.2 Å². The zero-order valence-corrected chi connectivity index (χ0v) is 11.8. The van der Waals surface area contributed by atoms with Crippen molar-refractivity contribution < 1.29 is 9.13 Å². The SMILES string of the molecule is CCOc1ccc(CN2CCCC2CNC)cc1F. The van der Waals surface area contributed by atoms with E-state index in [0.717, 1.165) is 25.2 Å². The molecule has 1 aliphatic rings. The van der Waals surface area contributed by atoms with Crippen LogP contribution in [0.2, 0.25) is 0 Å². The maximum atomic E-state index is 13.8. The molecule has 3 nitrogen and oxygen atoms in total. The third-order valence-corrected chi connectivity index (χ3v) is 3.62. The summed E-state index contributed by atoms with van der Waals surface area (Å²) in [6, 6.07) is 5.86. The summed E-state index contributed by atoms with van der Waals surface area (Å²) in [4.78, 5) is 2.42. The lowest BCUT2D eigenvalue weighted by Gasteiger charge is -2.24. The number of likely N-dealkylation sites (N-methyl/N-ethyl adjacent to an activating group) is 1. The zero-order valence-electron chi connectivity index (χ0n) is 11.8. The van der Waals surface area contributed by atoms with Crippen LogP contribution in [0.5, 0.6) is 5.75 Å². The van der Waals surface area contributed by atoms with Crippen LogP contribution in [0.25, 0.3) is 0 Å². The second-order valence-electron chi connectivity index (χ2n) is 5.02. The minimum absolute atomic E-state index is 0.260. The van der Waals surface area contributed by atoms with Gasteiger partial charge in [0.05, 0.1) is 6.61 Å². The molecule has 0 bridgehead atoms. The highest BCUT2D eigenvalue weighted by atomic mass is 19.1. The number of benzene rings is 1. The fraction of sp³-hybridized carbons (Fsp3) is 0.600. The van der Waals surface area contributed by atoms with E-state index < -0.39 is 0 Å². The van der Waals surface area contributed by atoms with Gasteiger partial charge in [-0.05, 0) is 51.1 Å². The first-order valence-corrected chi connectivity index (χ1v) is 7.04. The number of nitrogens with one attached hydrogen (secondary N) is 1. The third kappa shape index (κ3) is 3.67. The monoisotopic (exact) mass is 266 g/mol. The second kappa shape index (κ2) is 6.87. The first kappa shape index (κ1) is 14.3. The van der Waals surface area contributed by atoms with Crippen molar-refractivity contribution in [3.63, 3.8) is 0 Å². The van der Waals surface area contributed by atoms with Gasteiger partial charge in [0.25, 0.3) is 0 Å². The van der Waals surface area contributed by atoms with Crippen molar-refractivity contribution in [3.8, 4) is 5.75 Å². The molecule has 1 N–H and O–H groups in total. The fourth-order valence-electron chi connectivity index (χ4n) is 2.72. The Kier molecular flexibility index (Phi) is 5.16. The number of hydrogen-bond donors (Lipinski definition) is 1. The fourth-order valence-corrected chi connectivity index (χ4v) is 2.72. The Bertz CT molecular complexity index is 411. The summed E-state index contributed by atoms with van der Waals surface area (Å²) in [5.74, 6) is 0.0863. The first-order chi connectivity index (χ1) is 9.24. The van der Waals surface area contributed by atoms with Gasteiger partial charge >= 0.3 is 0 Å². The summed E-state index contributed by atoms with van der Waals surface area (Å²) in [5.41, 5.74) is 1.02. The lowest BCUT2D eigenvalue weighted by Crippen LogP contribution is -2.36. The van der Waals surface area contributed by atoms with E-state index in [1.807, 2.05) is 20.0 Å². The Hall–Kier alpha value is -1.13. The van der Waals surface area contributed by atoms with Gasteiger partial charge < -0.3 is 10.1 Å².